The lowest BCUT2D eigenvalue weighted by Gasteiger charge is -2.07. The van der Waals surface area contributed by atoms with Gasteiger partial charge in [-0.15, -0.1) is 0 Å². The predicted octanol–water partition coefficient (Wildman–Crippen LogP) is 1.07. The van der Waals surface area contributed by atoms with Gasteiger partial charge in [0.2, 0.25) is 11.1 Å². The molecule has 0 aliphatic carbocycles. The number of hydrogen-bond acceptors (Lipinski definition) is 6. The number of nitro benzene ring substituents is 1. The standard InChI is InChI=1S/C12H8FN3O5/c1-21-12(18)11-10(17)4-5-15(14-11)9-6-7(13)2-3-8(9)16(19)20/h2-6H,1H3. The maximum Gasteiger partial charge on any atom is 0.362 e. The quantitative estimate of drug-likeness (QED) is 0.476. The second-order valence-electron chi connectivity index (χ2n) is 3.85. The molecule has 1 heterocycles. The average Bonchev–Trinajstić information content (AvgIpc) is 2.46. The summed E-state index contributed by atoms with van der Waals surface area (Å²) in [6, 6.07) is 3.73. The molecule has 1 aromatic heterocycles. The second kappa shape index (κ2) is 5.49. The number of methoxy groups -OCH3 is 1. The Morgan fingerprint density at radius 2 is 2.14 bits per heavy atom. The van der Waals surface area contributed by atoms with E-state index >= 15 is 0 Å². The van der Waals surface area contributed by atoms with Crippen LogP contribution in [0.4, 0.5) is 10.1 Å². The molecular formula is C12H8FN3O5. The van der Waals surface area contributed by atoms with E-state index in [4.69, 9.17) is 0 Å². The van der Waals surface area contributed by atoms with Gasteiger partial charge in [-0.05, 0) is 6.07 Å². The summed E-state index contributed by atoms with van der Waals surface area (Å²) in [4.78, 5) is 33.1. The first-order chi connectivity index (χ1) is 9.93. The Labute approximate surface area is 116 Å². The van der Waals surface area contributed by atoms with Crippen LogP contribution in [0.1, 0.15) is 10.5 Å². The monoisotopic (exact) mass is 293 g/mol. The fourth-order valence-corrected chi connectivity index (χ4v) is 1.61. The summed E-state index contributed by atoms with van der Waals surface area (Å²) in [6.07, 6.45) is 1.09. The smallest absolute Gasteiger partial charge is 0.362 e. The number of nitrogens with zero attached hydrogens (tertiary/aromatic N) is 3. The van der Waals surface area contributed by atoms with Crippen molar-refractivity contribution < 1.29 is 18.8 Å². The van der Waals surface area contributed by atoms with Crippen LogP contribution >= 0.6 is 0 Å². The lowest BCUT2D eigenvalue weighted by Crippen LogP contribution is -2.21. The van der Waals surface area contributed by atoms with Gasteiger partial charge in [0, 0.05) is 24.4 Å². The first-order valence-corrected chi connectivity index (χ1v) is 5.56. The van der Waals surface area contributed by atoms with E-state index in [0.717, 1.165) is 42.3 Å². The van der Waals surface area contributed by atoms with Crippen LogP contribution in [0.5, 0.6) is 0 Å². The number of aromatic nitrogens is 2. The van der Waals surface area contributed by atoms with E-state index < -0.39 is 33.5 Å². The van der Waals surface area contributed by atoms with E-state index in [1.165, 1.54) is 0 Å². The zero-order chi connectivity index (χ0) is 15.6. The van der Waals surface area contributed by atoms with Gasteiger partial charge < -0.3 is 4.74 Å². The molecule has 0 N–H and O–H groups in total. The first-order valence-electron chi connectivity index (χ1n) is 5.56. The van der Waals surface area contributed by atoms with Crippen molar-refractivity contribution in [2.75, 3.05) is 7.11 Å². The number of esters is 1. The fourth-order valence-electron chi connectivity index (χ4n) is 1.61. The zero-order valence-corrected chi connectivity index (χ0v) is 10.6. The molecule has 108 valence electrons. The van der Waals surface area contributed by atoms with Crippen LogP contribution in [-0.2, 0) is 4.74 Å². The highest BCUT2D eigenvalue weighted by Crippen LogP contribution is 2.22. The maximum absolute atomic E-state index is 13.3. The molecule has 0 aliphatic rings. The minimum atomic E-state index is -0.992. The molecule has 0 aliphatic heterocycles. The maximum atomic E-state index is 13.3. The van der Waals surface area contributed by atoms with Crippen molar-refractivity contribution in [3.05, 3.63) is 62.3 Å². The summed E-state index contributed by atoms with van der Waals surface area (Å²) in [5, 5.41) is 14.6. The average molecular weight is 293 g/mol. The summed E-state index contributed by atoms with van der Waals surface area (Å²) < 4.78 is 18.5. The van der Waals surface area contributed by atoms with E-state index in [1.54, 1.807) is 0 Å². The number of carbonyl (C=O) groups excluding carboxylic acids is 1. The molecule has 0 saturated heterocycles. The van der Waals surface area contributed by atoms with Gasteiger partial charge in [-0.25, -0.2) is 13.9 Å². The van der Waals surface area contributed by atoms with E-state index in [0.29, 0.717) is 0 Å². The second-order valence-corrected chi connectivity index (χ2v) is 3.85. The summed E-state index contributed by atoms with van der Waals surface area (Å²) in [5.74, 6) is -1.72. The van der Waals surface area contributed by atoms with Crippen LogP contribution in [0.3, 0.4) is 0 Å². The Morgan fingerprint density at radius 3 is 2.76 bits per heavy atom. The molecule has 0 unspecified atom stereocenters. The highest BCUT2D eigenvalue weighted by atomic mass is 19.1. The topological polar surface area (TPSA) is 104 Å². The van der Waals surface area contributed by atoms with E-state index in [2.05, 4.69) is 9.84 Å². The van der Waals surface area contributed by atoms with Gasteiger partial charge in [0.15, 0.2) is 0 Å². The number of benzene rings is 1. The number of carbonyl (C=O) groups is 1. The molecule has 0 bridgehead atoms. The number of hydrogen-bond donors (Lipinski definition) is 0. The SMILES string of the molecule is COC(=O)c1nn(-c2cc(F)ccc2[N+](=O)[O-])ccc1=O. The van der Waals surface area contributed by atoms with Crippen molar-refractivity contribution >= 4 is 11.7 Å². The largest absolute Gasteiger partial charge is 0.464 e. The normalized spacial score (nSPS) is 10.2. The van der Waals surface area contributed by atoms with Gasteiger partial charge in [-0.2, -0.15) is 5.10 Å². The Bertz CT molecular complexity index is 787. The van der Waals surface area contributed by atoms with Gasteiger partial charge in [0.05, 0.1) is 12.0 Å². The molecule has 1 aromatic carbocycles. The molecule has 8 nitrogen and oxygen atoms in total. The molecule has 0 radical (unpaired) electrons. The molecule has 2 aromatic rings. The van der Waals surface area contributed by atoms with Crippen LogP contribution in [0, 0.1) is 15.9 Å². The summed E-state index contributed by atoms with van der Waals surface area (Å²) in [5.41, 5.74) is -1.91. The molecule has 0 saturated carbocycles. The number of ether oxygens (including phenoxy) is 1. The van der Waals surface area contributed by atoms with Crippen molar-refractivity contribution in [3.63, 3.8) is 0 Å². The minimum Gasteiger partial charge on any atom is -0.464 e. The van der Waals surface area contributed by atoms with Crippen molar-refractivity contribution in [2.24, 2.45) is 0 Å². The van der Waals surface area contributed by atoms with Gasteiger partial charge in [0.1, 0.15) is 11.5 Å². The van der Waals surface area contributed by atoms with Gasteiger partial charge in [0.25, 0.3) is 5.69 Å². The van der Waals surface area contributed by atoms with Crippen molar-refractivity contribution in [3.8, 4) is 5.69 Å². The van der Waals surface area contributed by atoms with E-state index in [9.17, 15) is 24.1 Å². The molecule has 0 amide bonds. The van der Waals surface area contributed by atoms with Crippen LogP contribution in [0.25, 0.3) is 5.69 Å². The van der Waals surface area contributed by atoms with Crippen molar-refractivity contribution in [1.82, 2.24) is 9.78 Å². The zero-order valence-electron chi connectivity index (χ0n) is 10.6. The molecule has 2 rings (SSSR count). The lowest BCUT2D eigenvalue weighted by molar-refractivity contribution is -0.384. The Morgan fingerprint density at radius 1 is 1.43 bits per heavy atom. The van der Waals surface area contributed by atoms with Gasteiger partial charge in [-0.1, -0.05) is 0 Å². The van der Waals surface area contributed by atoms with Crippen molar-refractivity contribution in [1.29, 1.82) is 0 Å². The minimum absolute atomic E-state index is 0.217. The third-order valence-corrected chi connectivity index (χ3v) is 2.57. The fraction of sp³-hybridized carbons (Fsp3) is 0.0833. The van der Waals surface area contributed by atoms with E-state index in [1.807, 2.05) is 0 Å². The van der Waals surface area contributed by atoms with Crippen LogP contribution in [-0.4, -0.2) is 27.8 Å². The molecular weight excluding hydrogens is 285 g/mol. The first kappa shape index (κ1) is 14.3. The van der Waals surface area contributed by atoms with Crippen LogP contribution in [0.2, 0.25) is 0 Å². The van der Waals surface area contributed by atoms with E-state index in [-0.39, 0.29) is 5.69 Å². The van der Waals surface area contributed by atoms with Gasteiger partial charge >= 0.3 is 5.97 Å². The molecule has 21 heavy (non-hydrogen) atoms. The molecule has 9 heteroatoms. The third kappa shape index (κ3) is 2.76. The highest BCUT2D eigenvalue weighted by Gasteiger charge is 2.19. The number of nitro groups is 1. The Balaban J connectivity index is 2.68. The van der Waals surface area contributed by atoms with Crippen LogP contribution < -0.4 is 5.43 Å². The summed E-state index contributed by atoms with van der Waals surface area (Å²) in [7, 11) is 1.06. The number of rotatable bonds is 3. The Kier molecular flexibility index (Phi) is 3.74. The van der Waals surface area contributed by atoms with Gasteiger partial charge in [-0.3, -0.25) is 14.9 Å². The van der Waals surface area contributed by atoms with Crippen LogP contribution in [0.15, 0.2) is 35.3 Å². The molecule has 0 fully saturated rings. The predicted molar refractivity (Wildman–Crippen MR) is 67.8 cm³/mol. The number of halogens is 1. The van der Waals surface area contributed by atoms with Crippen molar-refractivity contribution in [2.45, 2.75) is 0 Å². The molecule has 0 atom stereocenters. The lowest BCUT2D eigenvalue weighted by atomic mass is 10.2. The highest BCUT2D eigenvalue weighted by molar-refractivity contribution is 5.86. The summed E-state index contributed by atoms with van der Waals surface area (Å²) in [6.45, 7) is 0. The Hall–Kier alpha value is -3.10. The summed E-state index contributed by atoms with van der Waals surface area (Å²) >= 11 is 0. The third-order valence-electron chi connectivity index (χ3n) is 2.57. The molecule has 0 spiro atoms.